The standard InChI is InChI=1S/C12H10N2O3S/c13-17-12(16)10-9(6-7-18-10)14-11(15)8-4-2-1-3-5-8/h1-7H,13H2,(H,14,15). The van der Waals surface area contributed by atoms with Crippen LogP contribution in [0.25, 0.3) is 0 Å². The molecule has 0 aliphatic heterocycles. The number of rotatable bonds is 3. The molecule has 0 radical (unpaired) electrons. The molecular weight excluding hydrogens is 252 g/mol. The van der Waals surface area contributed by atoms with Crippen molar-refractivity contribution in [3.8, 4) is 0 Å². The highest BCUT2D eigenvalue weighted by molar-refractivity contribution is 7.12. The van der Waals surface area contributed by atoms with Crippen LogP contribution in [0.4, 0.5) is 5.69 Å². The third-order valence-corrected chi connectivity index (χ3v) is 3.14. The van der Waals surface area contributed by atoms with Crippen LogP contribution in [0.1, 0.15) is 20.0 Å². The molecule has 0 unspecified atom stereocenters. The van der Waals surface area contributed by atoms with Gasteiger partial charge in [-0.05, 0) is 23.6 Å². The van der Waals surface area contributed by atoms with Crippen LogP contribution in [0, 0.1) is 0 Å². The smallest absolute Gasteiger partial charge is 0.368 e. The van der Waals surface area contributed by atoms with Crippen LogP contribution >= 0.6 is 11.3 Å². The van der Waals surface area contributed by atoms with E-state index in [-0.39, 0.29) is 10.8 Å². The molecule has 6 heteroatoms. The molecule has 0 aliphatic rings. The van der Waals surface area contributed by atoms with Gasteiger partial charge in [0.15, 0.2) is 0 Å². The molecule has 5 nitrogen and oxygen atoms in total. The summed E-state index contributed by atoms with van der Waals surface area (Å²) in [6, 6.07) is 10.3. The SMILES string of the molecule is NOC(=O)c1sccc1NC(=O)c1ccccc1. The van der Waals surface area contributed by atoms with Gasteiger partial charge in [0.2, 0.25) is 0 Å². The molecule has 0 atom stereocenters. The molecule has 0 fully saturated rings. The first-order chi connectivity index (χ1) is 8.72. The number of hydrogen-bond donors (Lipinski definition) is 2. The quantitative estimate of drug-likeness (QED) is 0.829. The van der Waals surface area contributed by atoms with Gasteiger partial charge < -0.3 is 10.2 Å². The fraction of sp³-hybridized carbons (Fsp3) is 0. The van der Waals surface area contributed by atoms with Crippen molar-refractivity contribution >= 4 is 28.9 Å². The third-order valence-electron chi connectivity index (χ3n) is 2.24. The number of amides is 1. The third kappa shape index (κ3) is 2.55. The fourth-order valence-corrected chi connectivity index (χ4v) is 2.13. The minimum atomic E-state index is -0.673. The van der Waals surface area contributed by atoms with Gasteiger partial charge in [-0.25, -0.2) is 4.79 Å². The number of anilines is 1. The highest BCUT2D eigenvalue weighted by Crippen LogP contribution is 2.23. The first kappa shape index (κ1) is 12.3. The van der Waals surface area contributed by atoms with Gasteiger partial charge in [0.25, 0.3) is 5.91 Å². The molecule has 1 aromatic carbocycles. The second kappa shape index (κ2) is 5.44. The number of thiophene rings is 1. The molecule has 0 aliphatic carbocycles. The molecule has 92 valence electrons. The van der Waals surface area contributed by atoms with Crippen LogP contribution in [0.2, 0.25) is 0 Å². The molecule has 0 saturated heterocycles. The minimum absolute atomic E-state index is 0.266. The summed E-state index contributed by atoms with van der Waals surface area (Å²) in [5.41, 5.74) is 0.903. The maximum absolute atomic E-state index is 11.9. The Morgan fingerprint density at radius 2 is 1.89 bits per heavy atom. The average Bonchev–Trinajstić information content (AvgIpc) is 2.87. The van der Waals surface area contributed by atoms with Gasteiger partial charge in [0.05, 0.1) is 5.69 Å². The number of benzene rings is 1. The first-order valence-electron chi connectivity index (χ1n) is 5.07. The van der Waals surface area contributed by atoms with E-state index in [0.717, 1.165) is 11.3 Å². The molecule has 1 heterocycles. The van der Waals surface area contributed by atoms with Crippen molar-refractivity contribution in [2.75, 3.05) is 5.32 Å². The summed E-state index contributed by atoms with van der Waals surface area (Å²) in [6.45, 7) is 0. The lowest BCUT2D eigenvalue weighted by atomic mass is 10.2. The van der Waals surface area contributed by atoms with Crippen molar-refractivity contribution in [3.63, 3.8) is 0 Å². The zero-order valence-corrected chi connectivity index (χ0v) is 10.1. The van der Waals surface area contributed by atoms with Gasteiger partial charge in [-0.2, -0.15) is 5.90 Å². The normalized spacial score (nSPS) is 9.83. The Labute approximate surface area is 107 Å². The molecule has 0 spiro atoms. The Balaban J connectivity index is 2.18. The van der Waals surface area contributed by atoms with Crippen LogP contribution in [-0.2, 0) is 4.84 Å². The summed E-state index contributed by atoms with van der Waals surface area (Å²) >= 11 is 1.15. The van der Waals surface area contributed by atoms with Crippen molar-refractivity contribution < 1.29 is 14.4 Å². The molecule has 2 aromatic rings. The van der Waals surface area contributed by atoms with Gasteiger partial charge in [0.1, 0.15) is 4.88 Å². The van der Waals surface area contributed by atoms with Crippen LogP contribution in [0.3, 0.4) is 0 Å². The topological polar surface area (TPSA) is 81.4 Å². The van der Waals surface area contributed by atoms with E-state index in [1.807, 2.05) is 6.07 Å². The summed E-state index contributed by atoms with van der Waals surface area (Å²) < 4.78 is 0. The Hall–Kier alpha value is -2.18. The van der Waals surface area contributed by atoms with Gasteiger partial charge in [-0.15, -0.1) is 11.3 Å². The molecule has 1 amide bonds. The fourth-order valence-electron chi connectivity index (χ4n) is 1.40. The summed E-state index contributed by atoms with van der Waals surface area (Å²) in [7, 11) is 0. The van der Waals surface area contributed by atoms with Crippen LogP contribution in [0.15, 0.2) is 41.8 Å². The number of carbonyl (C=O) groups is 2. The Bertz CT molecular complexity index is 566. The first-order valence-corrected chi connectivity index (χ1v) is 5.95. The van der Waals surface area contributed by atoms with Gasteiger partial charge in [-0.1, -0.05) is 18.2 Å². The Kier molecular flexibility index (Phi) is 3.71. The lowest BCUT2D eigenvalue weighted by Gasteiger charge is -2.04. The number of nitrogens with one attached hydrogen (secondary N) is 1. The second-order valence-electron chi connectivity index (χ2n) is 3.39. The minimum Gasteiger partial charge on any atom is -0.369 e. The maximum atomic E-state index is 11.9. The predicted molar refractivity (Wildman–Crippen MR) is 68.3 cm³/mol. The van der Waals surface area contributed by atoms with Gasteiger partial charge in [-0.3, -0.25) is 4.79 Å². The van der Waals surface area contributed by atoms with E-state index in [9.17, 15) is 9.59 Å². The Morgan fingerprint density at radius 1 is 1.17 bits per heavy atom. The molecule has 2 rings (SSSR count). The highest BCUT2D eigenvalue weighted by atomic mass is 32.1. The second-order valence-corrected chi connectivity index (χ2v) is 4.30. The summed E-state index contributed by atoms with van der Waals surface area (Å²) in [4.78, 5) is 27.6. The van der Waals surface area contributed by atoms with Crippen molar-refractivity contribution in [2.45, 2.75) is 0 Å². The average molecular weight is 262 g/mol. The van der Waals surface area contributed by atoms with Gasteiger partial charge in [0, 0.05) is 5.56 Å². The molecular formula is C12H10N2O3S. The monoisotopic (exact) mass is 262 g/mol. The molecule has 0 saturated carbocycles. The van der Waals surface area contributed by atoms with Crippen molar-refractivity contribution in [3.05, 3.63) is 52.2 Å². The highest BCUT2D eigenvalue weighted by Gasteiger charge is 2.16. The number of hydrogen-bond acceptors (Lipinski definition) is 5. The molecule has 3 N–H and O–H groups in total. The molecule has 1 aromatic heterocycles. The lowest BCUT2D eigenvalue weighted by molar-refractivity contribution is 0.0510. The molecule has 0 bridgehead atoms. The van der Waals surface area contributed by atoms with Gasteiger partial charge >= 0.3 is 5.97 Å². The van der Waals surface area contributed by atoms with E-state index in [4.69, 9.17) is 5.90 Å². The predicted octanol–water partition coefficient (Wildman–Crippen LogP) is 2.03. The van der Waals surface area contributed by atoms with Crippen molar-refractivity contribution in [1.82, 2.24) is 0 Å². The largest absolute Gasteiger partial charge is 0.369 e. The zero-order chi connectivity index (χ0) is 13.0. The zero-order valence-electron chi connectivity index (χ0n) is 9.25. The van der Waals surface area contributed by atoms with Crippen LogP contribution in [-0.4, -0.2) is 11.9 Å². The van der Waals surface area contributed by atoms with E-state index in [2.05, 4.69) is 10.2 Å². The van der Waals surface area contributed by atoms with E-state index in [1.54, 1.807) is 35.7 Å². The number of carbonyl (C=O) groups excluding carboxylic acids is 2. The summed E-state index contributed by atoms with van der Waals surface area (Å²) in [5, 5.41) is 4.31. The van der Waals surface area contributed by atoms with E-state index in [1.165, 1.54) is 0 Å². The van der Waals surface area contributed by atoms with Crippen LogP contribution < -0.4 is 11.2 Å². The summed E-state index contributed by atoms with van der Waals surface area (Å²) in [6.07, 6.45) is 0. The van der Waals surface area contributed by atoms with E-state index >= 15 is 0 Å². The number of nitrogens with two attached hydrogens (primary N) is 1. The maximum Gasteiger partial charge on any atom is 0.368 e. The Morgan fingerprint density at radius 3 is 2.56 bits per heavy atom. The lowest BCUT2D eigenvalue weighted by Crippen LogP contribution is -2.15. The van der Waals surface area contributed by atoms with Crippen molar-refractivity contribution in [1.29, 1.82) is 0 Å². The van der Waals surface area contributed by atoms with Crippen molar-refractivity contribution in [2.24, 2.45) is 5.90 Å². The van der Waals surface area contributed by atoms with E-state index in [0.29, 0.717) is 11.3 Å². The van der Waals surface area contributed by atoms with Crippen LogP contribution in [0.5, 0.6) is 0 Å². The van der Waals surface area contributed by atoms with E-state index < -0.39 is 5.97 Å². The molecule has 18 heavy (non-hydrogen) atoms. The summed E-state index contributed by atoms with van der Waals surface area (Å²) in [5.74, 6) is 3.85.